The Balaban J connectivity index is 1.82. The van der Waals surface area contributed by atoms with E-state index in [4.69, 9.17) is 0 Å². The summed E-state index contributed by atoms with van der Waals surface area (Å²) >= 11 is 0. The summed E-state index contributed by atoms with van der Waals surface area (Å²) in [7, 11) is 0. The summed E-state index contributed by atoms with van der Waals surface area (Å²) < 4.78 is 0. The van der Waals surface area contributed by atoms with Crippen molar-refractivity contribution in [2.45, 2.75) is 45.1 Å². The first-order valence-corrected chi connectivity index (χ1v) is 5.96. The van der Waals surface area contributed by atoms with Crippen molar-refractivity contribution in [3.05, 3.63) is 0 Å². The molecule has 15 heavy (non-hydrogen) atoms. The van der Waals surface area contributed by atoms with Crippen molar-refractivity contribution >= 4 is 5.91 Å². The van der Waals surface area contributed by atoms with E-state index in [2.05, 4.69) is 5.32 Å². The summed E-state index contributed by atoms with van der Waals surface area (Å²) in [5.74, 6) is 1.81. The Bertz CT molecular complexity index is 257. The number of carbonyl (C=O) groups is 1. The van der Waals surface area contributed by atoms with Crippen LogP contribution in [0, 0.1) is 17.8 Å². The second-order valence-corrected chi connectivity index (χ2v) is 5.81. The Hall–Kier alpha value is -0.570. The highest BCUT2D eigenvalue weighted by molar-refractivity contribution is 5.79. The second kappa shape index (κ2) is 3.78. The van der Waals surface area contributed by atoms with Gasteiger partial charge in [0.05, 0.1) is 5.60 Å². The van der Waals surface area contributed by atoms with E-state index in [0.717, 1.165) is 12.3 Å². The van der Waals surface area contributed by atoms with E-state index in [0.29, 0.717) is 12.5 Å². The van der Waals surface area contributed by atoms with E-state index in [-0.39, 0.29) is 11.8 Å². The van der Waals surface area contributed by atoms with Crippen molar-refractivity contribution in [1.29, 1.82) is 0 Å². The number of fused-ring (bicyclic) bond motifs is 2. The van der Waals surface area contributed by atoms with Gasteiger partial charge in [-0.3, -0.25) is 4.79 Å². The van der Waals surface area contributed by atoms with Crippen LogP contribution in [0.2, 0.25) is 0 Å². The Kier molecular flexibility index (Phi) is 2.75. The highest BCUT2D eigenvalue weighted by Gasteiger charge is 2.43. The predicted octanol–water partition coefficient (Wildman–Crippen LogP) is 1.31. The van der Waals surface area contributed by atoms with Gasteiger partial charge in [-0.1, -0.05) is 6.42 Å². The molecule has 0 aliphatic heterocycles. The quantitative estimate of drug-likeness (QED) is 0.739. The lowest BCUT2D eigenvalue weighted by Crippen LogP contribution is -2.42. The summed E-state index contributed by atoms with van der Waals surface area (Å²) in [5.41, 5.74) is -0.798. The SMILES string of the molecule is CC(C)(O)CNC(=O)C1CC2CCC1C2. The van der Waals surface area contributed by atoms with Crippen molar-refractivity contribution in [2.75, 3.05) is 6.54 Å². The summed E-state index contributed by atoms with van der Waals surface area (Å²) in [6.45, 7) is 3.79. The van der Waals surface area contributed by atoms with Crippen LogP contribution < -0.4 is 5.32 Å². The molecule has 3 heteroatoms. The molecule has 3 nitrogen and oxygen atoms in total. The van der Waals surface area contributed by atoms with Crippen LogP contribution in [-0.2, 0) is 4.79 Å². The fourth-order valence-corrected chi connectivity index (χ4v) is 3.00. The smallest absolute Gasteiger partial charge is 0.223 e. The third-order valence-electron chi connectivity index (χ3n) is 3.77. The average Bonchev–Trinajstić information content (AvgIpc) is 2.73. The lowest BCUT2D eigenvalue weighted by molar-refractivity contribution is -0.127. The van der Waals surface area contributed by atoms with Gasteiger partial charge in [-0.25, -0.2) is 0 Å². The van der Waals surface area contributed by atoms with Crippen LogP contribution in [-0.4, -0.2) is 23.2 Å². The van der Waals surface area contributed by atoms with Gasteiger partial charge in [-0.15, -0.1) is 0 Å². The first-order chi connectivity index (χ1) is 6.96. The number of hydrogen-bond acceptors (Lipinski definition) is 2. The van der Waals surface area contributed by atoms with Gasteiger partial charge >= 0.3 is 0 Å². The molecule has 3 atom stereocenters. The third-order valence-corrected chi connectivity index (χ3v) is 3.77. The van der Waals surface area contributed by atoms with Crippen molar-refractivity contribution in [3.8, 4) is 0 Å². The summed E-state index contributed by atoms with van der Waals surface area (Å²) in [4.78, 5) is 11.9. The Morgan fingerprint density at radius 1 is 1.40 bits per heavy atom. The van der Waals surface area contributed by atoms with Gasteiger partial charge in [0.15, 0.2) is 0 Å². The van der Waals surface area contributed by atoms with Crippen LogP contribution in [0.3, 0.4) is 0 Å². The molecule has 0 saturated heterocycles. The van der Waals surface area contributed by atoms with E-state index >= 15 is 0 Å². The normalized spacial score (nSPS) is 34.5. The molecule has 0 aromatic heterocycles. The standard InChI is InChI=1S/C12H21NO2/c1-12(2,15)7-13-11(14)10-6-8-3-4-9(10)5-8/h8-10,15H,3-7H2,1-2H3,(H,13,14). The molecule has 86 valence electrons. The second-order valence-electron chi connectivity index (χ2n) is 5.81. The molecule has 0 heterocycles. The minimum Gasteiger partial charge on any atom is -0.389 e. The average molecular weight is 211 g/mol. The lowest BCUT2D eigenvalue weighted by Gasteiger charge is -2.23. The first kappa shape index (κ1) is 10.9. The van der Waals surface area contributed by atoms with Crippen molar-refractivity contribution in [3.63, 3.8) is 0 Å². The van der Waals surface area contributed by atoms with Gasteiger partial charge in [-0.2, -0.15) is 0 Å². The van der Waals surface area contributed by atoms with E-state index < -0.39 is 5.60 Å². The molecule has 2 bridgehead atoms. The molecule has 2 aliphatic carbocycles. The van der Waals surface area contributed by atoms with E-state index in [1.165, 1.54) is 19.3 Å². The maximum Gasteiger partial charge on any atom is 0.223 e. The lowest BCUT2D eigenvalue weighted by atomic mass is 9.88. The van der Waals surface area contributed by atoms with Crippen LogP contribution in [0.15, 0.2) is 0 Å². The van der Waals surface area contributed by atoms with Crippen molar-refractivity contribution in [2.24, 2.45) is 17.8 Å². The van der Waals surface area contributed by atoms with Crippen molar-refractivity contribution < 1.29 is 9.90 Å². The van der Waals surface area contributed by atoms with Gasteiger partial charge in [0.2, 0.25) is 5.91 Å². The van der Waals surface area contributed by atoms with E-state index in [1.807, 2.05) is 0 Å². The van der Waals surface area contributed by atoms with Gasteiger partial charge in [0, 0.05) is 12.5 Å². The minimum atomic E-state index is -0.798. The van der Waals surface area contributed by atoms with Crippen LogP contribution in [0.4, 0.5) is 0 Å². The molecule has 2 N–H and O–H groups in total. The van der Waals surface area contributed by atoms with Crippen LogP contribution in [0.5, 0.6) is 0 Å². The van der Waals surface area contributed by atoms with Crippen molar-refractivity contribution in [1.82, 2.24) is 5.32 Å². The number of rotatable bonds is 3. The van der Waals surface area contributed by atoms with E-state index in [1.54, 1.807) is 13.8 Å². The molecule has 0 spiro atoms. The maximum atomic E-state index is 11.9. The topological polar surface area (TPSA) is 49.3 Å². The summed E-state index contributed by atoms with van der Waals surface area (Å²) in [6.07, 6.45) is 4.87. The van der Waals surface area contributed by atoms with Gasteiger partial charge in [0.25, 0.3) is 0 Å². The molecule has 2 fully saturated rings. The number of nitrogens with one attached hydrogen (secondary N) is 1. The molecule has 2 saturated carbocycles. The minimum absolute atomic E-state index is 0.157. The van der Waals surface area contributed by atoms with Crippen LogP contribution >= 0.6 is 0 Å². The molecule has 0 aromatic carbocycles. The fraction of sp³-hybridized carbons (Fsp3) is 0.917. The van der Waals surface area contributed by atoms with Crippen LogP contribution in [0.1, 0.15) is 39.5 Å². The number of aliphatic hydroxyl groups is 1. The molecule has 3 unspecified atom stereocenters. The molecule has 2 rings (SSSR count). The first-order valence-electron chi connectivity index (χ1n) is 5.96. The van der Waals surface area contributed by atoms with Gasteiger partial charge < -0.3 is 10.4 Å². The Labute approximate surface area is 91.2 Å². The summed E-state index contributed by atoms with van der Waals surface area (Å²) in [6, 6.07) is 0. The van der Waals surface area contributed by atoms with Gasteiger partial charge in [0.1, 0.15) is 0 Å². The molecule has 2 aliphatic rings. The Morgan fingerprint density at radius 3 is 2.60 bits per heavy atom. The Morgan fingerprint density at radius 2 is 2.13 bits per heavy atom. The third kappa shape index (κ3) is 2.51. The molecule has 1 amide bonds. The highest BCUT2D eigenvalue weighted by Crippen LogP contribution is 2.48. The zero-order valence-corrected chi connectivity index (χ0v) is 9.62. The zero-order chi connectivity index (χ0) is 11.1. The molecule has 0 aromatic rings. The number of carbonyl (C=O) groups excluding carboxylic acids is 1. The predicted molar refractivity (Wildman–Crippen MR) is 58.2 cm³/mol. The molecule has 0 radical (unpaired) electrons. The summed E-state index contributed by atoms with van der Waals surface area (Å²) in [5, 5.41) is 12.4. The molecular weight excluding hydrogens is 190 g/mol. The molecular formula is C12H21NO2. The van der Waals surface area contributed by atoms with Gasteiger partial charge in [-0.05, 0) is 44.9 Å². The largest absolute Gasteiger partial charge is 0.389 e. The fourth-order valence-electron chi connectivity index (χ4n) is 3.00. The zero-order valence-electron chi connectivity index (χ0n) is 9.62. The highest BCUT2D eigenvalue weighted by atomic mass is 16.3. The maximum absolute atomic E-state index is 11.9. The number of hydrogen-bond donors (Lipinski definition) is 2. The van der Waals surface area contributed by atoms with Crippen LogP contribution in [0.25, 0.3) is 0 Å². The number of amides is 1. The van der Waals surface area contributed by atoms with E-state index in [9.17, 15) is 9.90 Å². The monoisotopic (exact) mass is 211 g/mol.